The van der Waals surface area contributed by atoms with Crippen molar-refractivity contribution in [2.45, 2.75) is 27.2 Å². The third kappa shape index (κ3) is 6.52. The average Bonchev–Trinajstić information content (AvgIpc) is 2.71. The van der Waals surface area contributed by atoms with Crippen molar-refractivity contribution in [3.05, 3.63) is 81.8 Å². The molecule has 0 amide bonds. The summed E-state index contributed by atoms with van der Waals surface area (Å²) in [5, 5.41) is 9.32. The van der Waals surface area contributed by atoms with Gasteiger partial charge < -0.3 is 9.84 Å². The number of phenolic OH excluding ortho intramolecular Hbond substituents is 1. The Morgan fingerprint density at radius 1 is 0.966 bits per heavy atom. The molecule has 0 unspecified atom stereocenters. The summed E-state index contributed by atoms with van der Waals surface area (Å²) in [4.78, 5) is 10.9. The summed E-state index contributed by atoms with van der Waals surface area (Å²) in [6.07, 6.45) is 1.04. The van der Waals surface area contributed by atoms with E-state index in [1.807, 2.05) is 6.07 Å². The minimum Gasteiger partial charge on any atom is -0.505 e. The molecular weight excluding hydrogens is 407 g/mol. The van der Waals surface area contributed by atoms with E-state index in [1.54, 1.807) is 0 Å². The van der Waals surface area contributed by atoms with Gasteiger partial charge in [0.1, 0.15) is 5.75 Å². The number of aromatic hydroxyl groups is 1. The highest BCUT2D eigenvalue weighted by atomic mass is 35.5. The molecule has 0 bridgehead atoms. The van der Waals surface area contributed by atoms with Gasteiger partial charge >= 0.3 is 0 Å². The van der Waals surface area contributed by atoms with Crippen LogP contribution in [0.25, 0.3) is 11.1 Å². The first-order valence-electron chi connectivity index (χ1n) is 9.31. The number of carbonyl (C=O) groups is 1. The lowest BCUT2D eigenvalue weighted by atomic mass is 10.0. The van der Waals surface area contributed by atoms with Crippen molar-refractivity contribution < 1.29 is 14.6 Å². The number of hydrogen-bond acceptors (Lipinski definition) is 3. The fraction of sp³-hybridized carbons (Fsp3) is 0.208. The van der Waals surface area contributed by atoms with Crippen LogP contribution < -0.4 is 4.74 Å². The molecule has 0 aliphatic rings. The zero-order valence-electron chi connectivity index (χ0n) is 16.7. The third-order valence-corrected chi connectivity index (χ3v) is 4.74. The molecule has 0 atom stereocenters. The van der Waals surface area contributed by atoms with Gasteiger partial charge in [-0.05, 0) is 61.2 Å². The fourth-order valence-electron chi connectivity index (χ4n) is 2.60. The predicted octanol–water partition coefficient (Wildman–Crippen LogP) is 7.35. The summed E-state index contributed by atoms with van der Waals surface area (Å²) in [6, 6.07) is 19.5. The number of halogens is 2. The standard InChI is InChI=1S/C16H18O.C8H6Cl2O2/c1-3-11-17-16-10-9-15(12-13(16)2)14-7-5-4-6-8-14;1-4(11)5-2-6(9)8(12)7(10)3-5/h4-10,12H,3,11H2,1-2H3;2-3,12H,1H3. The fourth-order valence-corrected chi connectivity index (χ4v) is 3.09. The van der Waals surface area contributed by atoms with E-state index in [2.05, 4.69) is 56.3 Å². The van der Waals surface area contributed by atoms with Crippen LogP contribution in [0.2, 0.25) is 10.0 Å². The Hall–Kier alpha value is -2.49. The third-order valence-electron chi connectivity index (χ3n) is 4.17. The van der Waals surface area contributed by atoms with Gasteiger partial charge in [0.25, 0.3) is 0 Å². The minimum absolute atomic E-state index is 0.0905. The second kappa shape index (κ2) is 10.9. The Labute approximate surface area is 181 Å². The summed E-state index contributed by atoms with van der Waals surface area (Å²) in [5.74, 6) is 0.661. The second-order valence-electron chi connectivity index (χ2n) is 6.54. The summed E-state index contributed by atoms with van der Waals surface area (Å²) < 4.78 is 5.68. The number of benzene rings is 3. The van der Waals surface area contributed by atoms with Gasteiger partial charge in [-0.15, -0.1) is 0 Å². The minimum atomic E-state index is -0.191. The second-order valence-corrected chi connectivity index (χ2v) is 7.35. The topological polar surface area (TPSA) is 46.5 Å². The number of ether oxygens (including phenoxy) is 1. The van der Waals surface area contributed by atoms with Crippen molar-refractivity contribution in [1.82, 2.24) is 0 Å². The molecule has 0 spiro atoms. The van der Waals surface area contributed by atoms with Gasteiger partial charge in [-0.2, -0.15) is 0 Å². The van der Waals surface area contributed by atoms with Crippen LogP contribution in [-0.4, -0.2) is 17.5 Å². The largest absolute Gasteiger partial charge is 0.505 e. The van der Waals surface area contributed by atoms with Gasteiger partial charge in [-0.3, -0.25) is 4.79 Å². The van der Waals surface area contributed by atoms with Crippen molar-refractivity contribution in [2.75, 3.05) is 6.61 Å². The monoisotopic (exact) mass is 430 g/mol. The Morgan fingerprint density at radius 2 is 1.59 bits per heavy atom. The van der Waals surface area contributed by atoms with Crippen LogP contribution in [0, 0.1) is 6.92 Å². The van der Waals surface area contributed by atoms with Crippen LogP contribution in [0.5, 0.6) is 11.5 Å². The van der Waals surface area contributed by atoms with E-state index in [9.17, 15) is 4.79 Å². The molecule has 3 aromatic rings. The van der Waals surface area contributed by atoms with Crippen molar-refractivity contribution in [3.63, 3.8) is 0 Å². The van der Waals surface area contributed by atoms with E-state index in [4.69, 9.17) is 33.0 Å². The molecule has 0 saturated carbocycles. The highest BCUT2D eigenvalue weighted by Gasteiger charge is 2.08. The van der Waals surface area contributed by atoms with Gasteiger partial charge in [0.2, 0.25) is 0 Å². The van der Waals surface area contributed by atoms with E-state index < -0.39 is 0 Å². The lowest BCUT2D eigenvalue weighted by Crippen LogP contribution is -1.96. The summed E-state index contributed by atoms with van der Waals surface area (Å²) in [7, 11) is 0. The van der Waals surface area contributed by atoms with E-state index in [-0.39, 0.29) is 21.6 Å². The first-order valence-corrected chi connectivity index (χ1v) is 10.1. The Balaban J connectivity index is 0.000000221. The number of ketones is 1. The van der Waals surface area contributed by atoms with Gasteiger partial charge in [-0.25, -0.2) is 0 Å². The highest BCUT2D eigenvalue weighted by molar-refractivity contribution is 6.37. The number of Topliss-reactive ketones (excluding diaryl/α,β-unsaturated/α-hetero) is 1. The van der Waals surface area contributed by atoms with Gasteiger partial charge in [0.15, 0.2) is 11.5 Å². The lowest BCUT2D eigenvalue weighted by Gasteiger charge is -2.10. The molecule has 152 valence electrons. The predicted molar refractivity (Wildman–Crippen MR) is 121 cm³/mol. The van der Waals surface area contributed by atoms with Crippen LogP contribution in [0.1, 0.15) is 36.2 Å². The Kier molecular flexibility index (Phi) is 8.56. The van der Waals surface area contributed by atoms with Crippen LogP contribution in [0.3, 0.4) is 0 Å². The highest BCUT2D eigenvalue weighted by Crippen LogP contribution is 2.32. The maximum absolute atomic E-state index is 10.9. The molecule has 0 aliphatic heterocycles. The molecule has 0 aliphatic carbocycles. The smallest absolute Gasteiger partial charge is 0.159 e. The number of aryl methyl sites for hydroxylation is 1. The first-order chi connectivity index (χ1) is 13.8. The van der Waals surface area contributed by atoms with Crippen molar-refractivity contribution in [1.29, 1.82) is 0 Å². The van der Waals surface area contributed by atoms with Crippen molar-refractivity contribution in [2.24, 2.45) is 0 Å². The average molecular weight is 431 g/mol. The van der Waals surface area contributed by atoms with Crippen molar-refractivity contribution >= 4 is 29.0 Å². The molecule has 3 nitrogen and oxygen atoms in total. The molecule has 29 heavy (non-hydrogen) atoms. The summed E-state index contributed by atoms with van der Waals surface area (Å²) in [6.45, 7) is 6.40. The van der Waals surface area contributed by atoms with Crippen molar-refractivity contribution in [3.8, 4) is 22.6 Å². The maximum Gasteiger partial charge on any atom is 0.159 e. The molecule has 0 fully saturated rings. The van der Waals surface area contributed by atoms with Crippen LogP contribution in [-0.2, 0) is 0 Å². The zero-order chi connectivity index (χ0) is 21.4. The molecule has 1 N–H and O–H groups in total. The van der Waals surface area contributed by atoms with E-state index in [0.29, 0.717) is 5.56 Å². The molecule has 0 saturated heterocycles. The van der Waals surface area contributed by atoms with Crippen LogP contribution >= 0.6 is 23.2 Å². The van der Waals surface area contributed by atoms with Gasteiger partial charge in [0.05, 0.1) is 16.7 Å². The van der Waals surface area contributed by atoms with E-state index >= 15 is 0 Å². The normalized spacial score (nSPS) is 10.1. The molecule has 0 heterocycles. The molecule has 3 rings (SSSR count). The zero-order valence-corrected chi connectivity index (χ0v) is 18.2. The van der Waals surface area contributed by atoms with Gasteiger partial charge in [0, 0.05) is 5.56 Å². The number of carbonyl (C=O) groups excluding carboxylic acids is 1. The summed E-state index contributed by atoms with van der Waals surface area (Å²) >= 11 is 11.2. The Bertz CT molecular complexity index is 946. The first kappa shape index (κ1) is 22.8. The Morgan fingerprint density at radius 3 is 2.10 bits per heavy atom. The molecule has 0 radical (unpaired) electrons. The van der Waals surface area contributed by atoms with Crippen LogP contribution in [0.15, 0.2) is 60.7 Å². The number of phenols is 1. The molecule has 0 aromatic heterocycles. The van der Waals surface area contributed by atoms with E-state index in [0.717, 1.165) is 18.8 Å². The lowest BCUT2D eigenvalue weighted by molar-refractivity contribution is 0.101. The van der Waals surface area contributed by atoms with Gasteiger partial charge in [-0.1, -0.05) is 66.5 Å². The molecule has 5 heteroatoms. The molecule has 3 aromatic carbocycles. The summed E-state index contributed by atoms with van der Waals surface area (Å²) in [5.41, 5.74) is 4.08. The number of hydrogen-bond donors (Lipinski definition) is 1. The quantitative estimate of drug-likeness (QED) is 0.430. The molecular formula is C24H24Cl2O3. The SMILES string of the molecule is CC(=O)c1cc(Cl)c(O)c(Cl)c1.CCCOc1ccc(-c2ccccc2)cc1C. The maximum atomic E-state index is 10.9. The van der Waals surface area contributed by atoms with Crippen LogP contribution in [0.4, 0.5) is 0 Å². The number of rotatable bonds is 5. The van der Waals surface area contributed by atoms with E-state index in [1.165, 1.54) is 35.7 Å².